The lowest BCUT2D eigenvalue weighted by Gasteiger charge is -2.10. The maximum atomic E-state index is 11.5. The number of hydrogen-bond donors (Lipinski definition) is 1. The van der Waals surface area contributed by atoms with Crippen molar-refractivity contribution >= 4 is 32.5 Å². The van der Waals surface area contributed by atoms with E-state index >= 15 is 0 Å². The number of sulfone groups is 1. The molecule has 1 N–H and O–H groups in total. The average molecular weight is 296 g/mol. The number of aryl methyl sites for hydroxylation is 1. The summed E-state index contributed by atoms with van der Waals surface area (Å²) in [6, 6.07) is 8.08. The molecule has 102 valence electrons. The number of para-hydroxylation sites is 1. The first-order valence-electron chi connectivity index (χ1n) is 6.37. The van der Waals surface area contributed by atoms with E-state index in [-0.39, 0.29) is 22.8 Å². The van der Waals surface area contributed by atoms with E-state index in [2.05, 4.69) is 23.3 Å². The van der Waals surface area contributed by atoms with Gasteiger partial charge in [-0.1, -0.05) is 36.9 Å². The molecule has 0 spiro atoms. The number of aliphatic imine (C=N–C) groups is 1. The van der Waals surface area contributed by atoms with Crippen molar-refractivity contribution < 1.29 is 8.42 Å². The maximum absolute atomic E-state index is 11.5. The molecule has 4 nitrogen and oxygen atoms in total. The summed E-state index contributed by atoms with van der Waals surface area (Å²) in [6.07, 6.45) is 0.961. The molecule has 0 amide bonds. The lowest BCUT2D eigenvalue weighted by molar-refractivity contribution is 0.601. The van der Waals surface area contributed by atoms with Gasteiger partial charge in [0.2, 0.25) is 0 Å². The van der Waals surface area contributed by atoms with Crippen molar-refractivity contribution in [2.75, 3.05) is 16.8 Å². The normalized spacial score (nSPS) is 27.9. The Bertz CT molecular complexity index is 625. The van der Waals surface area contributed by atoms with Gasteiger partial charge in [-0.2, -0.15) is 0 Å². The van der Waals surface area contributed by atoms with Crippen LogP contribution in [0.5, 0.6) is 0 Å². The van der Waals surface area contributed by atoms with Gasteiger partial charge in [0.05, 0.1) is 17.5 Å². The van der Waals surface area contributed by atoms with Gasteiger partial charge < -0.3 is 5.32 Å². The molecule has 1 saturated heterocycles. The number of nitrogens with one attached hydrogen (secondary N) is 1. The van der Waals surface area contributed by atoms with Gasteiger partial charge in [-0.25, -0.2) is 8.42 Å². The van der Waals surface area contributed by atoms with E-state index in [4.69, 9.17) is 0 Å². The highest BCUT2D eigenvalue weighted by molar-refractivity contribution is 8.15. The molecule has 0 unspecified atom stereocenters. The van der Waals surface area contributed by atoms with Crippen LogP contribution in [0, 0.1) is 0 Å². The number of benzene rings is 1. The first-order chi connectivity index (χ1) is 9.07. The van der Waals surface area contributed by atoms with Crippen LogP contribution < -0.4 is 5.32 Å². The van der Waals surface area contributed by atoms with Crippen LogP contribution in [-0.4, -0.2) is 36.4 Å². The van der Waals surface area contributed by atoms with Gasteiger partial charge in [0.1, 0.15) is 0 Å². The number of nitrogens with zero attached hydrogens (tertiary/aromatic N) is 1. The minimum absolute atomic E-state index is 0.0636. The molecular formula is C13H16N2O2S2. The summed E-state index contributed by atoms with van der Waals surface area (Å²) in [5, 5.41) is 4.29. The second-order valence-corrected chi connectivity index (χ2v) is 8.25. The Balaban J connectivity index is 1.76. The molecule has 1 fully saturated rings. The summed E-state index contributed by atoms with van der Waals surface area (Å²) in [5.74, 6) is 0.456. The number of hydrogen-bond acceptors (Lipinski definition) is 5. The minimum Gasteiger partial charge on any atom is -0.335 e. The molecule has 1 aromatic rings. The molecule has 6 heteroatoms. The van der Waals surface area contributed by atoms with E-state index in [1.165, 1.54) is 5.56 Å². The third-order valence-corrected chi connectivity index (χ3v) is 6.60. The molecule has 1 aromatic carbocycles. The van der Waals surface area contributed by atoms with Gasteiger partial charge in [0, 0.05) is 10.9 Å². The molecular weight excluding hydrogens is 280 g/mol. The fourth-order valence-corrected chi connectivity index (χ4v) is 6.15. The van der Waals surface area contributed by atoms with Crippen molar-refractivity contribution in [1.29, 1.82) is 0 Å². The van der Waals surface area contributed by atoms with Crippen molar-refractivity contribution in [3.05, 3.63) is 29.8 Å². The summed E-state index contributed by atoms with van der Waals surface area (Å²) in [5.41, 5.74) is 2.31. The van der Waals surface area contributed by atoms with E-state index in [1.807, 2.05) is 18.2 Å². The zero-order chi connectivity index (χ0) is 13.5. The van der Waals surface area contributed by atoms with Gasteiger partial charge >= 0.3 is 0 Å². The molecule has 0 saturated carbocycles. The summed E-state index contributed by atoms with van der Waals surface area (Å²) in [6.45, 7) is 2.12. The second kappa shape index (κ2) is 4.83. The van der Waals surface area contributed by atoms with Crippen LogP contribution in [-0.2, 0) is 16.3 Å². The zero-order valence-corrected chi connectivity index (χ0v) is 12.3. The van der Waals surface area contributed by atoms with E-state index in [0.29, 0.717) is 0 Å². The molecule has 0 bridgehead atoms. The predicted molar refractivity (Wildman–Crippen MR) is 80.7 cm³/mol. The van der Waals surface area contributed by atoms with Crippen molar-refractivity contribution in [2.45, 2.75) is 24.6 Å². The van der Waals surface area contributed by atoms with E-state index in [9.17, 15) is 8.42 Å². The Morgan fingerprint density at radius 2 is 2.16 bits per heavy atom. The van der Waals surface area contributed by atoms with Crippen molar-refractivity contribution in [1.82, 2.24) is 0 Å². The smallest absolute Gasteiger partial charge is 0.161 e. The fraction of sp³-hybridized carbons (Fsp3) is 0.462. The van der Waals surface area contributed by atoms with Crippen molar-refractivity contribution in [3.63, 3.8) is 0 Å². The summed E-state index contributed by atoms with van der Waals surface area (Å²) in [4.78, 5) is 4.51. The highest BCUT2D eigenvalue weighted by Crippen LogP contribution is 2.34. The number of thioether (sulfide) groups is 1. The van der Waals surface area contributed by atoms with Crippen LogP contribution in [0.15, 0.2) is 29.3 Å². The minimum atomic E-state index is -2.87. The molecule has 19 heavy (non-hydrogen) atoms. The molecule has 2 atom stereocenters. The summed E-state index contributed by atoms with van der Waals surface area (Å²) >= 11 is 1.56. The lowest BCUT2D eigenvalue weighted by atomic mass is 10.1. The molecule has 0 aromatic heterocycles. The summed E-state index contributed by atoms with van der Waals surface area (Å²) in [7, 11) is -2.87. The lowest BCUT2D eigenvalue weighted by Crippen LogP contribution is -2.13. The standard InChI is InChI=1S/C13H16N2O2S2/c1-2-9-5-3-4-6-10(9)14-13-15-11-7-19(16,17)8-12(11)18-13/h3-6,11-12H,2,7-8H2,1H3,(H,14,15)/t11-,12-/m0/s1. The van der Waals surface area contributed by atoms with Gasteiger partial charge in [0.25, 0.3) is 0 Å². The topological polar surface area (TPSA) is 58.5 Å². The third-order valence-electron chi connectivity index (χ3n) is 3.46. The number of rotatable bonds is 2. The SMILES string of the molecule is CCc1ccccc1NC1=N[C@H]2CS(=O)(=O)C[C@@H]2S1. The van der Waals surface area contributed by atoms with Gasteiger partial charge in [-0.05, 0) is 18.1 Å². The largest absolute Gasteiger partial charge is 0.335 e. The van der Waals surface area contributed by atoms with Crippen molar-refractivity contribution in [3.8, 4) is 0 Å². The second-order valence-electron chi connectivity index (χ2n) is 4.87. The fourth-order valence-electron chi connectivity index (χ4n) is 2.48. The maximum Gasteiger partial charge on any atom is 0.161 e. The Morgan fingerprint density at radius 1 is 1.37 bits per heavy atom. The monoisotopic (exact) mass is 296 g/mol. The highest BCUT2D eigenvalue weighted by atomic mass is 32.2. The molecule has 2 aliphatic rings. The van der Waals surface area contributed by atoms with Crippen LogP contribution in [0.4, 0.5) is 5.69 Å². The van der Waals surface area contributed by atoms with Crippen LogP contribution in [0.25, 0.3) is 0 Å². The first kappa shape index (κ1) is 13.0. The van der Waals surface area contributed by atoms with Crippen LogP contribution >= 0.6 is 11.8 Å². The van der Waals surface area contributed by atoms with E-state index in [1.54, 1.807) is 11.8 Å². The van der Waals surface area contributed by atoms with Gasteiger partial charge in [-0.15, -0.1) is 0 Å². The Labute approximate surface area is 117 Å². The quantitative estimate of drug-likeness (QED) is 0.906. The molecule has 2 heterocycles. The van der Waals surface area contributed by atoms with Crippen LogP contribution in [0.2, 0.25) is 0 Å². The van der Waals surface area contributed by atoms with Crippen LogP contribution in [0.1, 0.15) is 12.5 Å². The number of anilines is 1. The number of amidine groups is 1. The van der Waals surface area contributed by atoms with Gasteiger partial charge in [-0.3, -0.25) is 4.99 Å². The third kappa shape index (κ3) is 2.65. The van der Waals surface area contributed by atoms with Crippen LogP contribution in [0.3, 0.4) is 0 Å². The Kier molecular flexibility index (Phi) is 3.30. The molecule has 3 rings (SSSR count). The van der Waals surface area contributed by atoms with Gasteiger partial charge in [0.15, 0.2) is 15.0 Å². The Morgan fingerprint density at radius 3 is 2.89 bits per heavy atom. The summed E-state index contributed by atoms with van der Waals surface area (Å²) < 4.78 is 23.0. The Hall–Kier alpha value is -1.01. The molecule has 0 aliphatic carbocycles. The van der Waals surface area contributed by atoms with E-state index < -0.39 is 9.84 Å². The average Bonchev–Trinajstić information content (AvgIpc) is 2.82. The van der Waals surface area contributed by atoms with Crippen molar-refractivity contribution in [2.24, 2.45) is 4.99 Å². The predicted octanol–water partition coefficient (Wildman–Crippen LogP) is 1.93. The molecule has 0 radical (unpaired) electrons. The number of fused-ring (bicyclic) bond motifs is 1. The highest BCUT2D eigenvalue weighted by Gasteiger charge is 2.42. The molecule has 2 aliphatic heterocycles. The van der Waals surface area contributed by atoms with E-state index in [0.717, 1.165) is 17.3 Å². The zero-order valence-electron chi connectivity index (χ0n) is 10.7. The first-order valence-corrected chi connectivity index (χ1v) is 9.07.